The maximum atomic E-state index is 12.1. The van der Waals surface area contributed by atoms with Crippen molar-refractivity contribution in [1.29, 1.82) is 0 Å². The van der Waals surface area contributed by atoms with E-state index in [4.69, 9.17) is 16.3 Å². The molecule has 4 nitrogen and oxygen atoms in total. The first kappa shape index (κ1) is 17.3. The fourth-order valence-electron chi connectivity index (χ4n) is 2.35. The molecule has 1 atom stereocenters. The van der Waals surface area contributed by atoms with Crippen molar-refractivity contribution >= 4 is 23.5 Å². The molecular formula is C15H26ClNO3. The monoisotopic (exact) mass is 303 g/mol. The number of hydrogen-bond donors (Lipinski definition) is 1. The van der Waals surface area contributed by atoms with Crippen molar-refractivity contribution in [3.05, 3.63) is 0 Å². The summed E-state index contributed by atoms with van der Waals surface area (Å²) in [5.41, 5.74) is -0.550. The van der Waals surface area contributed by atoms with Crippen LogP contribution in [0.4, 0.5) is 4.79 Å². The Morgan fingerprint density at radius 2 is 1.80 bits per heavy atom. The van der Waals surface area contributed by atoms with Crippen molar-refractivity contribution in [3.8, 4) is 0 Å². The van der Waals surface area contributed by atoms with Crippen molar-refractivity contribution in [3.63, 3.8) is 0 Å². The fourth-order valence-corrected chi connectivity index (χ4v) is 2.60. The molecule has 0 bridgehead atoms. The fraction of sp³-hybridized carbons (Fsp3) is 0.867. The quantitative estimate of drug-likeness (QED) is 0.806. The molecule has 20 heavy (non-hydrogen) atoms. The third kappa shape index (κ3) is 6.60. The summed E-state index contributed by atoms with van der Waals surface area (Å²) in [6, 6.07) is -0.501. The number of alkyl carbamates (subject to hydrolysis) is 1. The van der Waals surface area contributed by atoms with Gasteiger partial charge in [-0.15, -0.1) is 11.6 Å². The van der Waals surface area contributed by atoms with Crippen molar-refractivity contribution in [2.75, 3.05) is 0 Å². The number of alkyl halides is 1. The van der Waals surface area contributed by atoms with Gasteiger partial charge in [-0.2, -0.15) is 0 Å². The lowest BCUT2D eigenvalue weighted by molar-refractivity contribution is -0.121. The van der Waals surface area contributed by atoms with Crippen LogP contribution in [0, 0.1) is 5.92 Å². The van der Waals surface area contributed by atoms with E-state index in [0.29, 0.717) is 12.3 Å². The standard InChI is InChI=1S/C15H26ClNO3/c1-10(17-14(19)20-15(2,3)4)13(18)9-11-5-7-12(16)8-6-11/h10-12H,5-9H2,1-4H3,(H,17,19). The van der Waals surface area contributed by atoms with Gasteiger partial charge >= 0.3 is 6.09 Å². The third-order valence-electron chi connectivity index (χ3n) is 3.48. The van der Waals surface area contributed by atoms with Crippen LogP contribution in [0.5, 0.6) is 0 Å². The maximum Gasteiger partial charge on any atom is 0.408 e. The highest BCUT2D eigenvalue weighted by atomic mass is 35.5. The van der Waals surface area contributed by atoms with Gasteiger partial charge in [-0.1, -0.05) is 0 Å². The third-order valence-corrected chi connectivity index (χ3v) is 3.92. The molecule has 0 heterocycles. The Morgan fingerprint density at radius 1 is 1.25 bits per heavy atom. The van der Waals surface area contributed by atoms with E-state index in [0.717, 1.165) is 25.7 Å². The highest BCUT2D eigenvalue weighted by Crippen LogP contribution is 2.30. The number of amides is 1. The molecule has 0 saturated heterocycles. The Balaban J connectivity index is 2.34. The van der Waals surface area contributed by atoms with E-state index < -0.39 is 17.7 Å². The second-order valence-electron chi connectivity index (χ2n) is 6.66. The predicted molar refractivity (Wildman–Crippen MR) is 80.1 cm³/mol. The van der Waals surface area contributed by atoms with Crippen LogP contribution in [-0.4, -0.2) is 28.9 Å². The van der Waals surface area contributed by atoms with E-state index in [1.807, 2.05) is 0 Å². The average Bonchev–Trinajstić information content (AvgIpc) is 2.29. The number of carbonyl (C=O) groups is 2. The molecule has 0 radical (unpaired) electrons. The van der Waals surface area contributed by atoms with E-state index in [1.165, 1.54) is 0 Å². The van der Waals surface area contributed by atoms with Crippen LogP contribution >= 0.6 is 11.6 Å². The smallest absolute Gasteiger partial charge is 0.408 e. The molecule has 1 aliphatic carbocycles. The normalized spacial score (nSPS) is 24.9. The van der Waals surface area contributed by atoms with Crippen LogP contribution in [0.3, 0.4) is 0 Å². The first-order valence-electron chi connectivity index (χ1n) is 7.33. The Hall–Kier alpha value is -0.770. The Bertz CT molecular complexity index is 344. The Labute approximate surface area is 126 Å². The summed E-state index contributed by atoms with van der Waals surface area (Å²) in [7, 11) is 0. The zero-order valence-electron chi connectivity index (χ0n) is 12.9. The highest BCUT2D eigenvalue weighted by Gasteiger charge is 2.25. The minimum atomic E-state index is -0.550. The van der Waals surface area contributed by atoms with Crippen LogP contribution in [0.15, 0.2) is 0 Å². The van der Waals surface area contributed by atoms with Gasteiger partial charge < -0.3 is 10.1 Å². The molecule has 1 amide bonds. The van der Waals surface area contributed by atoms with Crippen molar-refractivity contribution < 1.29 is 14.3 Å². The maximum absolute atomic E-state index is 12.1. The molecule has 1 fully saturated rings. The summed E-state index contributed by atoms with van der Waals surface area (Å²) in [6.07, 6.45) is 3.93. The number of Topliss-reactive ketones (excluding diaryl/α,β-unsaturated/α-hetero) is 1. The molecule has 1 unspecified atom stereocenters. The van der Waals surface area contributed by atoms with Gasteiger partial charge in [0.25, 0.3) is 0 Å². The molecule has 1 rings (SSSR count). The van der Waals surface area contributed by atoms with Gasteiger partial charge in [0.1, 0.15) is 5.60 Å². The molecule has 5 heteroatoms. The van der Waals surface area contributed by atoms with Crippen molar-refractivity contribution in [2.24, 2.45) is 5.92 Å². The van der Waals surface area contributed by atoms with Crippen molar-refractivity contribution in [1.82, 2.24) is 5.32 Å². The molecule has 0 aromatic carbocycles. The van der Waals surface area contributed by atoms with Gasteiger partial charge in [-0.3, -0.25) is 4.79 Å². The lowest BCUT2D eigenvalue weighted by atomic mass is 9.84. The SMILES string of the molecule is CC(NC(=O)OC(C)(C)C)C(=O)CC1CCC(Cl)CC1. The second-order valence-corrected chi connectivity index (χ2v) is 7.27. The lowest BCUT2D eigenvalue weighted by Crippen LogP contribution is -2.42. The van der Waals surface area contributed by atoms with Crippen LogP contribution < -0.4 is 5.32 Å². The van der Waals surface area contributed by atoms with Gasteiger partial charge in [-0.25, -0.2) is 4.79 Å². The predicted octanol–water partition coefficient (Wildman–Crippen LogP) is 3.66. The van der Waals surface area contributed by atoms with Crippen LogP contribution in [0.1, 0.15) is 59.8 Å². The summed E-state index contributed by atoms with van der Waals surface area (Å²) < 4.78 is 5.14. The van der Waals surface area contributed by atoms with Gasteiger partial charge in [0.2, 0.25) is 0 Å². The van der Waals surface area contributed by atoms with Crippen LogP contribution in [-0.2, 0) is 9.53 Å². The minimum absolute atomic E-state index is 0.0638. The molecule has 116 valence electrons. The summed E-state index contributed by atoms with van der Waals surface area (Å²) in [6.45, 7) is 7.09. The zero-order chi connectivity index (χ0) is 15.3. The van der Waals surface area contributed by atoms with Gasteiger partial charge in [0.05, 0.1) is 6.04 Å². The number of hydrogen-bond acceptors (Lipinski definition) is 3. The molecule has 1 N–H and O–H groups in total. The van der Waals surface area contributed by atoms with E-state index in [9.17, 15) is 9.59 Å². The van der Waals surface area contributed by atoms with E-state index in [-0.39, 0.29) is 11.2 Å². The minimum Gasteiger partial charge on any atom is -0.444 e. The summed E-state index contributed by atoms with van der Waals surface area (Å²) in [4.78, 5) is 23.7. The van der Waals surface area contributed by atoms with Crippen LogP contribution in [0.25, 0.3) is 0 Å². The van der Waals surface area contributed by atoms with E-state index in [1.54, 1.807) is 27.7 Å². The topological polar surface area (TPSA) is 55.4 Å². The molecule has 0 aliphatic heterocycles. The molecular weight excluding hydrogens is 278 g/mol. The number of rotatable bonds is 4. The Morgan fingerprint density at radius 3 is 2.30 bits per heavy atom. The molecule has 0 spiro atoms. The Kier molecular flexibility index (Phi) is 6.31. The average molecular weight is 304 g/mol. The van der Waals surface area contributed by atoms with Gasteiger partial charge in [-0.05, 0) is 59.3 Å². The number of ether oxygens (including phenoxy) is 1. The van der Waals surface area contributed by atoms with E-state index >= 15 is 0 Å². The molecule has 0 aromatic heterocycles. The summed E-state index contributed by atoms with van der Waals surface area (Å²) in [5, 5.41) is 2.86. The highest BCUT2D eigenvalue weighted by molar-refractivity contribution is 6.20. The first-order chi connectivity index (χ1) is 9.17. The van der Waals surface area contributed by atoms with E-state index in [2.05, 4.69) is 5.32 Å². The number of halogens is 1. The molecule has 1 saturated carbocycles. The largest absolute Gasteiger partial charge is 0.444 e. The first-order valence-corrected chi connectivity index (χ1v) is 7.77. The van der Waals surface area contributed by atoms with Gasteiger partial charge in [0.15, 0.2) is 5.78 Å². The number of nitrogens with one attached hydrogen (secondary N) is 1. The van der Waals surface area contributed by atoms with Crippen LogP contribution in [0.2, 0.25) is 0 Å². The van der Waals surface area contributed by atoms with Crippen molar-refractivity contribution in [2.45, 2.75) is 76.8 Å². The zero-order valence-corrected chi connectivity index (χ0v) is 13.6. The second kappa shape index (κ2) is 7.30. The summed E-state index contributed by atoms with van der Waals surface area (Å²) in [5.74, 6) is 0.467. The lowest BCUT2D eigenvalue weighted by Gasteiger charge is -2.26. The summed E-state index contributed by atoms with van der Waals surface area (Å²) >= 11 is 6.05. The number of carbonyl (C=O) groups excluding carboxylic acids is 2. The van der Waals surface area contributed by atoms with Gasteiger partial charge in [0, 0.05) is 11.8 Å². The molecule has 1 aliphatic rings. The number of ketones is 1. The molecule has 0 aromatic rings.